The van der Waals surface area contributed by atoms with Gasteiger partial charge >= 0.3 is 6.03 Å². The molecule has 0 unspecified atom stereocenters. The number of nitrogens with zero attached hydrogens (tertiary/aromatic N) is 3. The second kappa shape index (κ2) is 5.60. The van der Waals surface area contributed by atoms with Gasteiger partial charge in [0.2, 0.25) is 0 Å². The van der Waals surface area contributed by atoms with Crippen LogP contribution in [0.5, 0.6) is 5.75 Å². The monoisotopic (exact) mass is 311 g/mol. The molecular weight excluding hydrogens is 294 g/mol. The highest BCUT2D eigenvalue weighted by Gasteiger charge is 2.09. The number of phenols is 1. The molecule has 0 fully saturated rings. The smallest absolute Gasteiger partial charge is 0.323 e. The molecule has 0 aliphatic heterocycles. The van der Waals surface area contributed by atoms with E-state index in [9.17, 15) is 9.90 Å². The van der Waals surface area contributed by atoms with E-state index in [1.54, 1.807) is 29.9 Å². The summed E-state index contributed by atoms with van der Waals surface area (Å²) in [6.45, 7) is 3.66. The first-order chi connectivity index (χ1) is 10.9. The predicted molar refractivity (Wildman–Crippen MR) is 88.7 cm³/mol. The molecule has 0 atom stereocenters. The number of aromatic hydroxyl groups is 1. The van der Waals surface area contributed by atoms with Crippen molar-refractivity contribution in [3.8, 4) is 5.75 Å². The van der Waals surface area contributed by atoms with Gasteiger partial charge in [-0.25, -0.2) is 9.78 Å². The van der Waals surface area contributed by atoms with Crippen LogP contribution in [0.4, 0.5) is 16.2 Å². The minimum Gasteiger partial charge on any atom is -0.508 e. The van der Waals surface area contributed by atoms with E-state index < -0.39 is 0 Å². The second-order valence-corrected chi connectivity index (χ2v) is 5.38. The molecule has 2 amide bonds. The Morgan fingerprint density at radius 1 is 1.17 bits per heavy atom. The van der Waals surface area contributed by atoms with E-state index >= 15 is 0 Å². The molecule has 23 heavy (non-hydrogen) atoms. The van der Waals surface area contributed by atoms with Gasteiger partial charge in [-0.1, -0.05) is 0 Å². The standard InChI is InChI=1S/C16H17N5O2/c1-9-6-11(4-5-14(9)22)18-16(23)19-12-7-13-10(2)20-21(3)15(13)17-8-12/h4-8,22H,1-3H3,(H2,18,19,23). The van der Waals surface area contributed by atoms with Crippen LogP contribution < -0.4 is 10.6 Å². The number of phenolic OH excluding ortho intramolecular Hbond substituents is 1. The van der Waals surface area contributed by atoms with Crippen LogP contribution in [0.25, 0.3) is 11.0 Å². The number of rotatable bonds is 2. The molecule has 7 heteroatoms. The van der Waals surface area contributed by atoms with Gasteiger partial charge in [-0.05, 0) is 43.7 Å². The first-order valence-corrected chi connectivity index (χ1v) is 7.11. The van der Waals surface area contributed by atoms with E-state index in [2.05, 4.69) is 20.7 Å². The number of hydrogen-bond acceptors (Lipinski definition) is 4. The van der Waals surface area contributed by atoms with Crippen LogP contribution in [0.2, 0.25) is 0 Å². The van der Waals surface area contributed by atoms with Crippen molar-refractivity contribution in [2.45, 2.75) is 13.8 Å². The Morgan fingerprint density at radius 2 is 1.91 bits per heavy atom. The zero-order valence-corrected chi connectivity index (χ0v) is 13.1. The van der Waals surface area contributed by atoms with Crippen LogP contribution in [-0.4, -0.2) is 25.9 Å². The van der Waals surface area contributed by atoms with E-state index in [1.165, 1.54) is 6.07 Å². The van der Waals surface area contributed by atoms with Gasteiger partial charge in [0.05, 0.1) is 17.6 Å². The number of carbonyl (C=O) groups is 1. The highest BCUT2D eigenvalue weighted by atomic mass is 16.3. The van der Waals surface area contributed by atoms with E-state index in [0.717, 1.165) is 16.7 Å². The number of aromatic nitrogens is 3. The Kier molecular flexibility index (Phi) is 3.61. The number of pyridine rings is 1. The summed E-state index contributed by atoms with van der Waals surface area (Å²) in [5.41, 5.74) is 3.50. The number of hydrogen-bond donors (Lipinski definition) is 3. The number of anilines is 2. The summed E-state index contributed by atoms with van der Waals surface area (Å²) in [7, 11) is 1.83. The topological polar surface area (TPSA) is 92.1 Å². The molecule has 0 spiro atoms. The van der Waals surface area contributed by atoms with Gasteiger partial charge in [0, 0.05) is 18.1 Å². The van der Waals surface area contributed by atoms with Crippen molar-refractivity contribution in [2.24, 2.45) is 7.05 Å². The third-order valence-electron chi connectivity index (χ3n) is 3.58. The number of aryl methyl sites for hydroxylation is 3. The molecule has 7 nitrogen and oxygen atoms in total. The van der Waals surface area contributed by atoms with E-state index in [1.807, 2.05) is 20.0 Å². The number of fused-ring (bicyclic) bond motifs is 1. The molecule has 0 bridgehead atoms. The highest BCUT2D eigenvalue weighted by molar-refractivity contribution is 6.00. The van der Waals surface area contributed by atoms with Crippen molar-refractivity contribution in [3.63, 3.8) is 0 Å². The first-order valence-electron chi connectivity index (χ1n) is 7.11. The number of benzene rings is 1. The number of nitrogens with one attached hydrogen (secondary N) is 2. The largest absolute Gasteiger partial charge is 0.508 e. The maximum Gasteiger partial charge on any atom is 0.323 e. The van der Waals surface area contributed by atoms with Crippen molar-refractivity contribution in [1.82, 2.24) is 14.8 Å². The highest BCUT2D eigenvalue weighted by Crippen LogP contribution is 2.21. The zero-order chi connectivity index (χ0) is 16.6. The minimum absolute atomic E-state index is 0.192. The lowest BCUT2D eigenvalue weighted by atomic mass is 10.2. The molecule has 118 valence electrons. The Hall–Kier alpha value is -3.09. The van der Waals surface area contributed by atoms with Crippen molar-refractivity contribution in [2.75, 3.05) is 10.6 Å². The predicted octanol–water partition coefficient (Wildman–Crippen LogP) is 2.93. The van der Waals surface area contributed by atoms with Gasteiger partial charge in [-0.2, -0.15) is 5.10 Å². The van der Waals surface area contributed by atoms with Gasteiger partial charge in [0.1, 0.15) is 5.75 Å². The molecular formula is C16H17N5O2. The molecule has 0 saturated heterocycles. The quantitative estimate of drug-likeness (QED) is 0.634. The minimum atomic E-state index is -0.377. The van der Waals surface area contributed by atoms with Crippen LogP contribution in [-0.2, 0) is 7.05 Å². The molecule has 0 saturated carbocycles. The Bertz CT molecular complexity index is 901. The van der Waals surface area contributed by atoms with Crippen LogP contribution >= 0.6 is 0 Å². The summed E-state index contributed by atoms with van der Waals surface area (Å²) < 4.78 is 1.70. The van der Waals surface area contributed by atoms with E-state index in [0.29, 0.717) is 16.9 Å². The molecule has 3 aromatic rings. The molecule has 0 radical (unpaired) electrons. The molecule has 3 N–H and O–H groups in total. The van der Waals surface area contributed by atoms with Gasteiger partial charge in [0.15, 0.2) is 5.65 Å². The lowest BCUT2D eigenvalue weighted by molar-refractivity contribution is 0.262. The van der Waals surface area contributed by atoms with Crippen molar-refractivity contribution >= 4 is 28.4 Å². The van der Waals surface area contributed by atoms with Crippen molar-refractivity contribution < 1.29 is 9.90 Å². The van der Waals surface area contributed by atoms with E-state index in [-0.39, 0.29) is 11.8 Å². The van der Waals surface area contributed by atoms with Gasteiger partial charge in [0.25, 0.3) is 0 Å². The van der Waals surface area contributed by atoms with Gasteiger partial charge in [-0.15, -0.1) is 0 Å². The number of urea groups is 1. The Balaban J connectivity index is 1.77. The van der Waals surface area contributed by atoms with Crippen molar-refractivity contribution in [1.29, 1.82) is 0 Å². The van der Waals surface area contributed by atoms with Crippen LogP contribution in [0.15, 0.2) is 30.5 Å². The number of amides is 2. The molecule has 2 heterocycles. The zero-order valence-electron chi connectivity index (χ0n) is 13.1. The van der Waals surface area contributed by atoms with Gasteiger partial charge < -0.3 is 15.7 Å². The fourth-order valence-corrected chi connectivity index (χ4v) is 2.40. The molecule has 3 rings (SSSR count). The fraction of sp³-hybridized carbons (Fsp3) is 0.188. The normalized spacial score (nSPS) is 10.7. The molecule has 1 aromatic carbocycles. The Labute approximate surface area is 133 Å². The summed E-state index contributed by atoms with van der Waals surface area (Å²) in [6, 6.07) is 6.33. The molecule has 0 aliphatic rings. The number of carbonyl (C=O) groups excluding carboxylic acids is 1. The maximum absolute atomic E-state index is 12.1. The summed E-state index contributed by atoms with van der Waals surface area (Å²) in [5.74, 6) is 0.192. The third-order valence-corrected chi connectivity index (χ3v) is 3.58. The van der Waals surface area contributed by atoms with Crippen LogP contribution in [0, 0.1) is 13.8 Å². The Morgan fingerprint density at radius 3 is 2.65 bits per heavy atom. The van der Waals surface area contributed by atoms with Crippen LogP contribution in [0.1, 0.15) is 11.3 Å². The lowest BCUT2D eigenvalue weighted by Gasteiger charge is -2.09. The summed E-state index contributed by atoms with van der Waals surface area (Å²) in [6.07, 6.45) is 1.59. The summed E-state index contributed by atoms with van der Waals surface area (Å²) >= 11 is 0. The SMILES string of the molecule is Cc1cc(NC(=O)Nc2cnc3c(c2)c(C)nn3C)ccc1O. The summed E-state index contributed by atoms with van der Waals surface area (Å²) in [4.78, 5) is 16.4. The second-order valence-electron chi connectivity index (χ2n) is 5.38. The van der Waals surface area contributed by atoms with Crippen LogP contribution in [0.3, 0.4) is 0 Å². The first kappa shape index (κ1) is 14.8. The molecule has 2 aromatic heterocycles. The van der Waals surface area contributed by atoms with Crippen molar-refractivity contribution in [3.05, 3.63) is 41.7 Å². The lowest BCUT2D eigenvalue weighted by Crippen LogP contribution is -2.19. The maximum atomic E-state index is 12.1. The average molecular weight is 311 g/mol. The fourth-order valence-electron chi connectivity index (χ4n) is 2.40. The average Bonchev–Trinajstić information content (AvgIpc) is 2.77. The molecule has 0 aliphatic carbocycles. The third kappa shape index (κ3) is 2.94. The summed E-state index contributed by atoms with van der Waals surface area (Å²) in [5, 5.41) is 20.1. The van der Waals surface area contributed by atoms with E-state index in [4.69, 9.17) is 0 Å². The van der Waals surface area contributed by atoms with Gasteiger partial charge in [-0.3, -0.25) is 4.68 Å².